The molecule has 0 aliphatic heterocycles. The van der Waals surface area contributed by atoms with E-state index in [2.05, 4.69) is 25.6 Å². The molecule has 0 bridgehead atoms. The molecule has 0 saturated heterocycles. The van der Waals surface area contributed by atoms with Crippen LogP contribution in [0.5, 0.6) is 5.75 Å². The molecule has 0 spiro atoms. The zero-order valence-electron chi connectivity index (χ0n) is 19.8. The Morgan fingerprint density at radius 2 is 1.97 bits per heavy atom. The molecular weight excluding hydrogens is 487 g/mol. The maximum absolute atomic E-state index is 13.1. The van der Waals surface area contributed by atoms with Crippen molar-refractivity contribution in [2.45, 2.75) is 38.5 Å². The number of amidine groups is 1. The number of hydrazine groups is 1. The molecule has 1 aliphatic rings. The summed E-state index contributed by atoms with van der Waals surface area (Å²) in [6.45, 7) is 0. The number of allylic oxidation sites excluding steroid dienone is 2. The second-order valence-corrected chi connectivity index (χ2v) is 8.34. The molecule has 0 fully saturated rings. The second-order valence-electron chi connectivity index (χ2n) is 8.34. The van der Waals surface area contributed by atoms with E-state index in [1.54, 1.807) is 18.2 Å². The van der Waals surface area contributed by atoms with Gasteiger partial charge in [0.1, 0.15) is 5.84 Å². The number of rotatable bonds is 8. The Morgan fingerprint density at radius 3 is 2.62 bits per heavy atom. The van der Waals surface area contributed by atoms with Crippen molar-refractivity contribution in [3.63, 3.8) is 0 Å². The average Bonchev–Trinajstić information content (AvgIpc) is 3.42. The van der Waals surface area contributed by atoms with Crippen molar-refractivity contribution in [3.05, 3.63) is 82.4 Å². The van der Waals surface area contributed by atoms with E-state index in [-0.39, 0.29) is 11.5 Å². The van der Waals surface area contributed by atoms with Crippen molar-refractivity contribution >= 4 is 22.9 Å². The lowest BCUT2D eigenvalue weighted by molar-refractivity contribution is -0.274. The Balaban J connectivity index is 1.59. The van der Waals surface area contributed by atoms with Crippen molar-refractivity contribution < 1.29 is 17.9 Å². The number of hydrogen-bond donors (Lipinski definition) is 4. The molecule has 0 saturated carbocycles. The highest BCUT2D eigenvalue weighted by atomic mass is 19.4. The van der Waals surface area contributed by atoms with Gasteiger partial charge in [-0.25, -0.2) is 10.8 Å². The number of nitrogens with one attached hydrogen (secondary N) is 2. The van der Waals surface area contributed by atoms with Crippen LogP contribution in [-0.4, -0.2) is 21.7 Å². The van der Waals surface area contributed by atoms with Crippen LogP contribution in [-0.2, 0) is 6.42 Å². The van der Waals surface area contributed by atoms with Gasteiger partial charge in [-0.05, 0) is 66.6 Å². The molecule has 37 heavy (non-hydrogen) atoms. The van der Waals surface area contributed by atoms with E-state index in [4.69, 9.17) is 11.7 Å². The molecule has 9 nitrogen and oxygen atoms in total. The van der Waals surface area contributed by atoms with Gasteiger partial charge in [0, 0.05) is 24.5 Å². The smallest absolute Gasteiger partial charge is 0.404 e. The van der Waals surface area contributed by atoms with Gasteiger partial charge in [-0.2, -0.15) is 5.10 Å². The fraction of sp³-hybridized carbons (Fsp3) is 0.240. The molecule has 3 aromatic rings. The molecule has 6 N–H and O–H groups in total. The first kappa shape index (κ1) is 25.8. The predicted molar refractivity (Wildman–Crippen MR) is 135 cm³/mol. The molecule has 1 aliphatic carbocycles. The first-order valence-corrected chi connectivity index (χ1v) is 11.5. The summed E-state index contributed by atoms with van der Waals surface area (Å²) < 4.78 is 45.0. The summed E-state index contributed by atoms with van der Waals surface area (Å²) in [6.07, 6.45) is 3.71. The molecule has 0 radical (unpaired) electrons. The van der Waals surface area contributed by atoms with Crippen molar-refractivity contribution in [1.29, 1.82) is 0 Å². The average molecular weight is 514 g/mol. The lowest BCUT2D eigenvalue weighted by Gasteiger charge is -2.16. The third kappa shape index (κ3) is 6.47. The van der Waals surface area contributed by atoms with Crippen LogP contribution in [0, 0.1) is 0 Å². The van der Waals surface area contributed by atoms with E-state index in [1.807, 2.05) is 18.2 Å². The number of anilines is 2. The number of hydrazone groups is 1. The summed E-state index contributed by atoms with van der Waals surface area (Å²) in [5.74, 6) is 10.4. The highest BCUT2D eigenvalue weighted by molar-refractivity contribution is 5.81. The minimum Gasteiger partial charge on any atom is -0.404 e. The number of benzene rings is 2. The molecule has 1 heterocycles. The number of ether oxygens (including phenoxy) is 1. The van der Waals surface area contributed by atoms with E-state index in [9.17, 15) is 18.0 Å². The maximum atomic E-state index is 13.1. The number of aromatic nitrogens is 2. The number of aryl methyl sites for hydroxylation is 1. The zero-order chi connectivity index (χ0) is 26.4. The van der Waals surface area contributed by atoms with Gasteiger partial charge in [0.2, 0.25) is 0 Å². The topological polar surface area (TPSA) is 133 Å². The first-order valence-electron chi connectivity index (χ1n) is 11.5. The fourth-order valence-corrected chi connectivity index (χ4v) is 4.06. The Bertz CT molecular complexity index is 1370. The van der Waals surface area contributed by atoms with Crippen LogP contribution in [0.25, 0.3) is 11.3 Å². The van der Waals surface area contributed by atoms with Gasteiger partial charge < -0.3 is 21.3 Å². The van der Waals surface area contributed by atoms with Crippen LogP contribution in [0.1, 0.15) is 36.8 Å². The SMILES string of the molecule is N/N=C(/CCc1ccc(-n2ccnc(Nc3ccc(C4=CCCC4)cc3OC(F)(F)F)c2=O)cc1)NN. The quantitative estimate of drug-likeness (QED) is 0.154. The van der Waals surface area contributed by atoms with Crippen molar-refractivity contribution in [2.75, 3.05) is 5.32 Å². The molecule has 4 rings (SSSR count). The Kier molecular flexibility index (Phi) is 7.77. The van der Waals surface area contributed by atoms with Crippen molar-refractivity contribution in [3.8, 4) is 11.4 Å². The highest BCUT2D eigenvalue weighted by Crippen LogP contribution is 2.36. The molecular formula is C25H26F3N7O2. The van der Waals surface area contributed by atoms with Crippen molar-refractivity contribution in [1.82, 2.24) is 15.0 Å². The minimum absolute atomic E-state index is 0.0248. The third-order valence-corrected chi connectivity index (χ3v) is 5.90. The monoisotopic (exact) mass is 513 g/mol. The lowest BCUT2D eigenvalue weighted by Crippen LogP contribution is -2.31. The normalized spacial score (nSPS) is 13.8. The van der Waals surface area contributed by atoms with E-state index in [0.29, 0.717) is 29.9 Å². The highest BCUT2D eigenvalue weighted by Gasteiger charge is 2.32. The Labute approximate surface area is 210 Å². The van der Waals surface area contributed by atoms with Crippen LogP contribution < -0.4 is 32.7 Å². The molecule has 1 aromatic heterocycles. The zero-order valence-corrected chi connectivity index (χ0v) is 19.8. The number of halogens is 3. The first-order chi connectivity index (χ1) is 17.8. The summed E-state index contributed by atoms with van der Waals surface area (Å²) in [5, 5.41) is 6.26. The lowest BCUT2D eigenvalue weighted by atomic mass is 10.0. The van der Waals surface area contributed by atoms with Crippen LogP contribution in [0.15, 0.2) is 70.8 Å². The summed E-state index contributed by atoms with van der Waals surface area (Å²) in [4.78, 5) is 17.2. The van der Waals surface area contributed by atoms with Gasteiger partial charge in [-0.3, -0.25) is 9.36 Å². The molecule has 0 unspecified atom stereocenters. The van der Waals surface area contributed by atoms with Crippen LogP contribution in [0.4, 0.5) is 24.7 Å². The Hall–Kier alpha value is -4.32. The molecule has 0 atom stereocenters. The number of alkyl halides is 3. The van der Waals surface area contributed by atoms with Gasteiger partial charge in [0.05, 0.1) is 5.69 Å². The predicted octanol–water partition coefficient (Wildman–Crippen LogP) is 4.11. The van der Waals surface area contributed by atoms with Gasteiger partial charge in [0.25, 0.3) is 5.56 Å². The summed E-state index contributed by atoms with van der Waals surface area (Å²) in [6, 6.07) is 11.7. The molecule has 12 heteroatoms. The van der Waals surface area contributed by atoms with Crippen LogP contribution in [0.3, 0.4) is 0 Å². The van der Waals surface area contributed by atoms with E-state index < -0.39 is 17.7 Å². The number of nitrogens with zero attached hydrogens (tertiary/aromatic N) is 3. The molecule has 0 amide bonds. The van der Waals surface area contributed by atoms with Gasteiger partial charge in [-0.15, -0.1) is 13.2 Å². The fourth-order valence-electron chi connectivity index (χ4n) is 4.06. The third-order valence-electron chi connectivity index (χ3n) is 5.90. The van der Waals surface area contributed by atoms with Crippen molar-refractivity contribution in [2.24, 2.45) is 16.8 Å². The Morgan fingerprint density at radius 1 is 1.19 bits per heavy atom. The van der Waals surface area contributed by atoms with Crippen LogP contribution in [0.2, 0.25) is 0 Å². The van der Waals surface area contributed by atoms with Crippen LogP contribution >= 0.6 is 0 Å². The number of nitrogens with two attached hydrogens (primary N) is 2. The number of hydrogen-bond acceptors (Lipinski definition) is 7. The summed E-state index contributed by atoms with van der Waals surface area (Å²) in [5.41, 5.74) is 4.98. The van der Waals surface area contributed by atoms with Gasteiger partial charge in [-0.1, -0.05) is 24.3 Å². The maximum Gasteiger partial charge on any atom is 0.573 e. The van der Waals surface area contributed by atoms with Gasteiger partial charge >= 0.3 is 6.36 Å². The minimum atomic E-state index is -4.90. The summed E-state index contributed by atoms with van der Waals surface area (Å²) >= 11 is 0. The van der Waals surface area contributed by atoms with E-state index in [1.165, 1.54) is 29.1 Å². The van der Waals surface area contributed by atoms with Gasteiger partial charge in [0.15, 0.2) is 11.6 Å². The second kappa shape index (κ2) is 11.2. The van der Waals surface area contributed by atoms with E-state index in [0.717, 1.165) is 30.4 Å². The molecule has 194 valence electrons. The summed E-state index contributed by atoms with van der Waals surface area (Å²) in [7, 11) is 0. The molecule has 2 aromatic carbocycles. The largest absolute Gasteiger partial charge is 0.573 e. The standard InChI is InChI=1S/C25H26F3N7O2/c26-25(27,28)37-21-15-18(17-3-1-2-4-17)8-11-20(21)32-23-24(36)35(14-13-31-23)19-9-5-16(6-10-19)7-12-22(33-29)34-30/h3,5-6,8-11,13-15H,1-2,4,7,12,29-30H2,(H,31,32)(H,33,34). The van der Waals surface area contributed by atoms with E-state index >= 15 is 0 Å².